The van der Waals surface area contributed by atoms with Gasteiger partial charge in [0, 0.05) is 17.4 Å². The molecule has 2 heterocycles. The molecule has 0 radical (unpaired) electrons. The van der Waals surface area contributed by atoms with Crippen molar-refractivity contribution in [2.24, 2.45) is 5.41 Å². The van der Waals surface area contributed by atoms with E-state index in [0.29, 0.717) is 11.3 Å². The van der Waals surface area contributed by atoms with Crippen molar-refractivity contribution in [1.82, 2.24) is 9.55 Å². The number of hydrogen-bond acceptors (Lipinski definition) is 3. The molecule has 142 valence electrons. The predicted octanol–water partition coefficient (Wildman–Crippen LogP) is 4.09. The van der Waals surface area contributed by atoms with E-state index in [-0.39, 0.29) is 17.8 Å². The number of imidazole rings is 1. The summed E-state index contributed by atoms with van der Waals surface area (Å²) in [5.74, 6) is -0.841. The molecule has 1 aliphatic rings. The minimum absolute atomic E-state index is 0.236. The first-order valence-corrected chi connectivity index (χ1v) is 8.96. The topological polar surface area (TPSA) is 61.8 Å². The second kappa shape index (κ2) is 6.25. The zero-order chi connectivity index (χ0) is 20.1. The fraction of sp³-hybridized carbons (Fsp3) is 0.273. The van der Waals surface area contributed by atoms with Crippen molar-refractivity contribution in [3.8, 4) is 6.07 Å². The van der Waals surface area contributed by atoms with E-state index in [0.717, 1.165) is 5.56 Å². The minimum atomic E-state index is -1.34. The van der Waals surface area contributed by atoms with Gasteiger partial charge in [0.2, 0.25) is 0 Å². The third-order valence-electron chi connectivity index (χ3n) is 5.91. The molecule has 4 rings (SSSR count). The Labute approximate surface area is 161 Å². The van der Waals surface area contributed by atoms with Crippen LogP contribution in [0.4, 0.5) is 8.78 Å². The summed E-state index contributed by atoms with van der Waals surface area (Å²) >= 11 is 0. The van der Waals surface area contributed by atoms with Crippen molar-refractivity contribution in [1.29, 1.82) is 5.26 Å². The maximum atomic E-state index is 14.8. The molecule has 1 aliphatic heterocycles. The summed E-state index contributed by atoms with van der Waals surface area (Å²) in [4.78, 5) is 4.17. The van der Waals surface area contributed by atoms with Gasteiger partial charge in [0.15, 0.2) is 0 Å². The number of aliphatic hydroxyl groups is 1. The van der Waals surface area contributed by atoms with Crippen molar-refractivity contribution >= 4 is 0 Å². The van der Waals surface area contributed by atoms with Crippen LogP contribution in [-0.2, 0) is 12.0 Å². The lowest BCUT2D eigenvalue weighted by molar-refractivity contribution is -0.0674. The second-order valence-corrected chi connectivity index (χ2v) is 7.82. The summed E-state index contributed by atoms with van der Waals surface area (Å²) in [7, 11) is 0. The van der Waals surface area contributed by atoms with E-state index < -0.39 is 22.9 Å². The van der Waals surface area contributed by atoms with Crippen LogP contribution in [0.15, 0.2) is 55.0 Å². The molecule has 1 aromatic heterocycles. The molecule has 3 aromatic rings. The molecule has 4 nitrogen and oxygen atoms in total. The van der Waals surface area contributed by atoms with E-state index in [1.165, 1.54) is 18.2 Å². The van der Waals surface area contributed by atoms with Crippen molar-refractivity contribution < 1.29 is 13.9 Å². The van der Waals surface area contributed by atoms with E-state index in [4.69, 9.17) is 5.26 Å². The Hall–Kier alpha value is -3.04. The van der Waals surface area contributed by atoms with E-state index in [2.05, 4.69) is 4.98 Å². The van der Waals surface area contributed by atoms with Crippen molar-refractivity contribution in [2.75, 3.05) is 0 Å². The highest BCUT2D eigenvalue weighted by molar-refractivity contribution is 5.40. The predicted molar refractivity (Wildman–Crippen MR) is 99.3 cm³/mol. The Morgan fingerprint density at radius 1 is 1.18 bits per heavy atom. The Morgan fingerprint density at radius 2 is 1.89 bits per heavy atom. The Balaban J connectivity index is 1.83. The zero-order valence-corrected chi connectivity index (χ0v) is 15.5. The first-order chi connectivity index (χ1) is 13.3. The first kappa shape index (κ1) is 18.3. The van der Waals surface area contributed by atoms with Crippen LogP contribution in [0.1, 0.15) is 42.3 Å². The van der Waals surface area contributed by atoms with Crippen LogP contribution in [-0.4, -0.2) is 14.7 Å². The van der Waals surface area contributed by atoms with Crippen molar-refractivity contribution in [2.45, 2.75) is 31.9 Å². The number of hydrogen-bond donors (Lipinski definition) is 1. The van der Waals surface area contributed by atoms with E-state index in [9.17, 15) is 13.9 Å². The SMILES string of the molecule is CC1(C)[C@H](c2ccc(C#N)cc2F)n2cncc2[C@@]1(O)Cc1ccc(F)cc1. The summed E-state index contributed by atoms with van der Waals surface area (Å²) in [6.45, 7) is 3.76. The van der Waals surface area contributed by atoms with Gasteiger partial charge in [0.05, 0.1) is 35.9 Å². The largest absolute Gasteiger partial charge is 0.383 e. The highest BCUT2D eigenvalue weighted by atomic mass is 19.1. The smallest absolute Gasteiger partial charge is 0.129 e. The summed E-state index contributed by atoms with van der Waals surface area (Å²) < 4.78 is 29.9. The fourth-order valence-corrected chi connectivity index (χ4v) is 4.31. The molecule has 0 aliphatic carbocycles. The molecule has 0 fully saturated rings. The zero-order valence-electron chi connectivity index (χ0n) is 15.5. The van der Waals surface area contributed by atoms with Crippen molar-refractivity contribution in [3.63, 3.8) is 0 Å². The molecule has 0 saturated heterocycles. The second-order valence-electron chi connectivity index (χ2n) is 7.82. The summed E-state index contributed by atoms with van der Waals surface area (Å²) in [6, 6.07) is 11.8. The fourth-order valence-electron chi connectivity index (χ4n) is 4.31. The molecule has 28 heavy (non-hydrogen) atoms. The lowest BCUT2D eigenvalue weighted by Crippen LogP contribution is -2.42. The lowest BCUT2D eigenvalue weighted by atomic mass is 9.67. The Bertz CT molecular complexity index is 1080. The highest BCUT2D eigenvalue weighted by Crippen LogP contribution is 2.57. The van der Waals surface area contributed by atoms with Gasteiger partial charge in [0.25, 0.3) is 0 Å². The number of benzene rings is 2. The maximum absolute atomic E-state index is 14.8. The highest BCUT2D eigenvalue weighted by Gasteiger charge is 2.58. The van der Waals surface area contributed by atoms with Gasteiger partial charge in [-0.25, -0.2) is 13.8 Å². The summed E-state index contributed by atoms with van der Waals surface area (Å²) in [6.07, 6.45) is 3.41. The quantitative estimate of drug-likeness (QED) is 0.746. The van der Waals surface area contributed by atoms with Crippen LogP contribution in [0.25, 0.3) is 0 Å². The molecule has 0 saturated carbocycles. The average Bonchev–Trinajstić information content (AvgIpc) is 3.19. The van der Waals surface area contributed by atoms with Gasteiger partial charge in [-0.15, -0.1) is 0 Å². The van der Waals surface area contributed by atoms with Gasteiger partial charge in [-0.3, -0.25) is 0 Å². The number of nitrogens with zero attached hydrogens (tertiary/aromatic N) is 3. The summed E-state index contributed by atoms with van der Waals surface area (Å²) in [5, 5.41) is 20.8. The molecule has 0 spiro atoms. The molecular weight excluding hydrogens is 360 g/mol. The molecule has 2 aromatic carbocycles. The Morgan fingerprint density at radius 3 is 2.54 bits per heavy atom. The monoisotopic (exact) mass is 379 g/mol. The minimum Gasteiger partial charge on any atom is -0.383 e. The van der Waals surface area contributed by atoms with Crippen LogP contribution < -0.4 is 0 Å². The summed E-state index contributed by atoms with van der Waals surface area (Å²) in [5.41, 5.74) is -0.162. The number of fused-ring (bicyclic) bond motifs is 1. The lowest BCUT2D eigenvalue weighted by Gasteiger charge is -2.40. The van der Waals surface area contributed by atoms with E-state index >= 15 is 0 Å². The van der Waals surface area contributed by atoms with Crippen LogP contribution in [0.2, 0.25) is 0 Å². The third kappa shape index (κ3) is 2.54. The molecule has 2 atom stereocenters. The molecular formula is C22H19F2N3O. The van der Waals surface area contributed by atoms with E-state index in [1.807, 2.05) is 19.9 Å². The molecule has 6 heteroatoms. The number of rotatable bonds is 3. The van der Waals surface area contributed by atoms with Gasteiger partial charge < -0.3 is 9.67 Å². The van der Waals surface area contributed by atoms with Gasteiger partial charge in [-0.05, 0) is 29.8 Å². The van der Waals surface area contributed by atoms with Crippen LogP contribution >= 0.6 is 0 Å². The number of nitriles is 1. The van der Waals surface area contributed by atoms with Gasteiger partial charge >= 0.3 is 0 Å². The van der Waals surface area contributed by atoms with E-state index in [1.54, 1.807) is 41.4 Å². The van der Waals surface area contributed by atoms with Crippen LogP contribution in [0, 0.1) is 28.4 Å². The van der Waals surface area contributed by atoms with Crippen LogP contribution in [0.5, 0.6) is 0 Å². The normalized spacial score (nSPS) is 22.6. The molecule has 0 unspecified atom stereocenters. The first-order valence-electron chi connectivity index (χ1n) is 8.96. The molecule has 0 bridgehead atoms. The van der Waals surface area contributed by atoms with Crippen LogP contribution in [0.3, 0.4) is 0 Å². The standard InChI is InChI=1S/C22H19F2N3O/c1-21(2)20(17-8-5-15(11-25)9-18(17)24)27-13-26-12-19(27)22(21,28)10-14-3-6-16(23)7-4-14/h3-9,12-13,20,28H,10H2,1-2H3/t20-,22-/m0/s1. The molecule has 1 N–H and O–H groups in total. The number of aromatic nitrogens is 2. The van der Waals surface area contributed by atoms with Gasteiger partial charge in [-0.1, -0.05) is 32.0 Å². The number of halogens is 2. The van der Waals surface area contributed by atoms with Gasteiger partial charge in [0.1, 0.15) is 17.2 Å². The average molecular weight is 379 g/mol. The maximum Gasteiger partial charge on any atom is 0.129 e. The van der Waals surface area contributed by atoms with Crippen molar-refractivity contribution in [3.05, 3.63) is 89.0 Å². The molecule has 0 amide bonds. The van der Waals surface area contributed by atoms with Gasteiger partial charge in [-0.2, -0.15) is 5.26 Å². The third-order valence-corrected chi connectivity index (χ3v) is 5.91. The Kier molecular flexibility index (Phi) is 4.09.